The van der Waals surface area contributed by atoms with Crippen LogP contribution >= 0.6 is 0 Å². The molecule has 226 valence electrons. The Labute approximate surface area is 279 Å². The molecule has 0 unspecified atom stereocenters. The van der Waals surface area contributed by atoms with Crippen LogP contribution in [0.2, 0.25) is 0 Å². The zero-order valence-corrected chi connectivity index (χ0v) is 26.3. The van der Waals surface area contributed by atoms with Crippen LogP contribution in [0.5, 0.6) is 0 Å². The summed E-state index contributed by atoms with van der Waals surface area (Å²) in [6.45, 7) is 0. The third-order valence-electron chi connectivity index (χ3n) is 9.25. The SMILES string of the molecule is c1ccc(-c2ccc(N(c3ccc(-c4cc5ccccc5c5oc6ccccc6c45)cc3)c3cccc(-c4ccccc4)c3)cc2)cc1. The Kier molecular flexibility index (Phi) is 6.84. The van der Waals surface area contributed by atoms with Crippen LogP contribution in [0.4, 0.5) is 17.1 Å². The van der Waals surface area contributed by atoms with Crippen molar-refractivity contribution in [2.24, 2.45) is 0 Å². The van der Waals surface area contributed by atoms with Crippen molar-refractivity contribution in [3.05, 3.63) is 188 Å². The topological polar surface area (TPSA) is 16.4 Å². The number of hydrogen-bond acceptors (Lipinski definition) is 2. The summed E-state index contributed by atoms with van der Waals surface area (Å²) in [5, 5.41) is 4.59. The molecule has 2 heteroatoms. The fourth-order valence-corrected chi connectivity index (χ4v) is 6.91. The lowest BCUT2D eigenvalue weighted by molar-refractivity contribution is 0.673. The number of para-hydroxylation sites is 1. The third kappa shape index (κ3) is 4.92. The Bertz CT molecular complexity index is 2530. The fraction of sp³-hybridized carbons (Fsp3) is 0. The molecule has 9 aromatic rings. The Morgan fingerprint density at radius 1 is 0.354 bits per heavy atom. The number of furan rings is 1. The van der Waals surface area contributed by atoms with Crippen molar-refractivity contribution in [3.63, 3.8) is 0 Å². The Hall–Kier alpha value is -6.38. The molecule has 9 rings (SSSR count). The number of anilines is 3. The van der Waals surface area contributed by atoms with Crippen molar-refractivity contribution in [3.8, 4) is 33.4 Å². The first-order chi connectivity index (χ1) is 23.8. The van der Waals surface area contributed by atoms with E-state index in [0.717, 1.165) is 50.0 Å². The lowest BCUT2D eigenvalue weighted by Gasteiger charge is -2.26. The number of hydrogen-bond donors (Lipinski definition) is 0. The minimum atomic E-state index is 0.908. The van der Waals surface area contributed by atoms with Crippen LogP contribution in [-0.4, -0.2) is 0 Å². The number of rotatable bonds is 6. The highest BCUT2D eigenvalue weighted by atomic mass is 16.3. The molecule has 8 aromatic carbocycles. The van der Waals surface area contributed by atoms with Crippen LogP contribution in [0.3, 0.4) is 0 Å². The molecule has 48 heavy (non-hydrogen) atoms. The van der Waals surface area contributed by atoms with Crippen molar-refractivity contribution in [2.45, 2.75) is 0 Å². The molecule has 0 radical (unpaired) electrons. The number of nitrogens with zero attached hydrogens (tertiary/aromatic N) is 1. The van der Waals surface area contributed by atoms with Gasteiger partial charge in [0.25, 0.3) is 0 Å². The monoisotopic (exact) mass is 613 g/mol. The van der Waals surface area contributed by atoms with Crippen LogP contribution < -0.4 is 4.90 Å². The van der Waals surface area contributed by atoms with Crippen molar-refractivity contribution >= 4 is 49.8 Å². The van der Waals surface area contributed by atoms with E-state index in [4.69, 9.17) is 4.42 Å². The first kappa shape index (κ1) is 27.9. The van der Waals surface area contributed by atoms with Gasteiger partial charge in [-0.15, -0.1) is 0 Å². The van der Waals surface area contributed by atoms with E-state index in [2.05, 4.69) is 187 Å². The van der Waals surface area contributed by atoms with Gasteiger partial charge in [0.1, 0.15) is 11.2 Å². The van der Waals surface area contributed by atoms with E-state index < -0.39 is 0 Å². The summed E-state index contributed by atoms with van der Waals surface area (Å²) in [7, 11) is 0. The minimum Gasteiger partial charge on any atom is -0.455 e. The van der Waals surface area contributed by atoms with E-state index in [1.807, 2.05) is 6.07 Å². The van der Waals surface area contributed by atoms with E-state index in [1.165, 1.54) is 33.2 Å². The largest absolute Gasteiger partial charge is 0.455 e. The summed E-state index contributed by atoms with van der Waals surface area (Å²) >= 11 is 0. The van der Waals surface area contributed by atoms with Gasteiger partial charge >= 0.3 is 0 Å². The quantitative estimate of drug-likeness (QED) is 0.185. The van der Waals surface area contributed by atoms with Crippen LogP contribution in [0.15, 0.2) is 192 Å². The van der Waals surface area contributed by atoms with Crippen LogP contribution in [-0.2, 0) is 0 Å². The lowest BCUT2D eigenvalue weighted by atomic mass is 9.95. The first-order valence-corrected chi connectivity index (χ1v) is 16.3. The third-order valence-corrected chi connectivity index (χ3v) is 9.25. The second kappa shape index (κ2) is 11.8. The molecule has 0 amide bonds. The first-order valence-electron chi connectivity index (χ1n) is 16.3. The highest BCUT2D eigenvalue weighted by molar-refractivity contribution is 6.21. The molecule has 1 heterocycles. The zero-order valence-electron chi connectivity index (χ0n) is 26.3. The van der Waals surface area contributed by atoms with Gasteiger partial charge in [-0.3, -0.25) is 0 Å². The lowest BCUT2D eigenvalue weighted by Crippen LogP contribution is -2.10. The molecule has 0 bridgehead atoms. The standard InChI is InChI=1S/C46H31NO/c1-3-12-32(13-4-1)34-22-26-38(27-23-34)47(40-18-11-17-36(30-40)33-14-5-2-6-15-33)39-28-24-35(25-29-39)43-31-37-16-7-8-19-41(37)46-45(43)42-20-9-10-21-44(42)48-46/h1-31H. The van der Waals surface area contributed by atoms with Gasteiger partial charge in [-0.05, 0) is 87.3 Å². The predicted molar refractivity (Wildman–Crippen MR) is 202 cm³/mol. The van der Waals surface area contributed by atoms with Crippen LogP contribution in [0.25, 0.3) is 66.1 Å². The second-order valence-corrected chi connectivity index (χ2v) is 12.2. The second-order valence-electron chi connectivity index (χ2n) is 12.2. The Balaban J connectivity index is 1.18. The van der Waals surface area contributed by atoms with Gasteiger partial charge in [-0.1, -0.05) is 140 Å². The maximum absolute atomic E-state index is 6.49. The predicted octanol–water partition coefficient (Wildman–Crippen LogP) is 13.2. The van der Waals surface area contributed by atoms with E-state index in [1.54, 1.807) is 0 Å². The normalized spacial score (nSPS) is 11.3. The average Bonchev–Trinajstić information content (AvgIpc) is 3.56. The van der Waals surface area contributed by atoms with Crippen molar-refractivity contribution in [1.29, 1.82) is 0 Å². The van der Waals surface area contributed by atoms with Crippen molar-refractivity contribution < 1.29 is 4.42 Å². The maximum Gasteiger partial charge on any atom is 0.143 e. The summed E-state index contributed by atoms with van der Waals surface area (Å²) in [6.07, 6.45) is 0. The minimum absolute atomic E-state index is 0.908. The molecule has 0 atom stereocenters. The van der Waals surface area contributed by atoms with Gasteiger partial charge in [0.2, 0.25) is 0 Å². The highest BCUT2D eigenvalue weighted by Gasteiger charge is 2.18. The molecular weight excluding hydrogens is 583 g/mol. The molecule has 0 saturated carbocycles. The van der Waals surface area contributed by atoms with E-state index in [9.17, 15) is 0 Å². The van der Waals surface area contributed by atoms with Crippen LogP contribution in [0.1, 0.15) is 0 Å². The smallest absolute Gasteiger partial charge is 0.143 e. The molecule has 0 fully saturated rings. The van der Waals surface area contributed by atoms with E-state index in [-0.39, 0.29) is 0 Å². The number of benzene rings is 8. The van der Waals surface area contributed by atoms with E-state index >= 15 is 0 Å². The summed E-state index contributed by atoms with van der Waals surface area (Å²) in [5.41, 5.74) is 12.2. The van der Waals surface area contributed by atoms with Crippen LogP contribution in [0, 0.1) is 0 Å². The van der Waals surface area contributed by atoms with Gasteiger partial charge in [0, 0.05) is 33.2 Å². The highest BCUT2D eigenvalue weighted by Crippen LogP contribution is 2.43. The summed E-state index contributed by atoms with van der Waals surface area (Å²) in [4.78, 5) is 2.34. The van der Waals surface area contributed by atoms with Gasteiger partial charge in [-0.25, -0.2) is 0 Å². The van der Waals surface area contributed by atoms with Gasteiger partial charge in [0.05, 0.1) is 0 Å². The Morgan fingerprint density at radius 2 is 0.896 bits per heavy atom. The maximum atomic E-state index is 6.49. The molecule has 2 nitrogen and oxygen atoms in total. The molecule has 1 aromatic heterocycles. The fourth-order valence-electron chi connectivity index (χ4n) is 6.91. The molecule has 0 aliphatic carbocycles. The molecule has 0 N–H and O–H groups in total. The van der Waals surface area contributed by atoms with Gasteiger partial charge < -0.3 is 9.32 Å². The molecule has 0 aliphatic heterocycles. The van der Waals surface area contributed by atoms with Crippen molar-refractivity contribution in [1.82, 2.24) is 0 Å². The molecule has 0 aliphatic rings. The Morgan fingerprint density at radius 3 is 1.60 bits per heavy atom. The van der Waals surface area contributed by atoms with Gasteiger partial charge in [-0.2, -0.15) is 0 Å². The van der Waals surface area contributed by atoms with E-state index in [0.29, 0.717) is 0 Å². The van der Waals surface area contributed by atoms with Gasteiger partial charge in [0.15, 0.2) is 0 Å². The summed E-state index contributed by atoms with van der Waals surface area (Å²) in [5.74, 6) is 0. The molecule has 0 saturated heterocycles. The summed E-state index contributed by atoms with van der Waals surface area (Å²) < 4.78 is 6.49. The average molecular weight is 614 g/mol. The molecular formula is C46H31NO. The van der Waals surface area contributed by atoms with Crippen molar-refractivity contribution in [2.75, 3.05) is 4.90 Å². The number of fused-ring (bicyclic) bond motifs is 5. The molecule has 0 spiro atoms. The zero-order chi connectivity index (χ0) is 31.9. The summed E-state index contributed by atoms with van der Waals surface area (Å²) in [6, 6.07) is 66.8.